The van der Waals surface area contributed by atoms with Crippen LogP contribution < -0.4 is 5.32 Å². The Labute approximate surface area is 99.0 Å². The Bertz CT molecular complexity index is 398. The van der Waals surface area contributed by atoms with Gasteiger partial charge in [0.25, 0.3) is 0 Å². The third kappa shape index (κ3) is 2.80. The lowest BCUT2D eigenvalue weighted by atomic mass is 9.89. The predicted molar refractivity (Wildman–Crippen MR) is 60.2 cm³/mol. The van der Waals surface area contributed by atoms with Crippen molar-refractivity contribution in [3.05, 3.63) is 35.1 Å². The number of piperidine rings is 1. The van der Waals surface area contributed by atoms with Crippen LogP contribution in [0.15, 0.2) is 12.1 Å². The van der Waals surface area contributed by atoms with Crippen LogP contribution in [0.1, 0.15) is 25.3 Å². The first-order valence-corrected chi connectivity index (χ1v) is 5.93. The maximum absolute atomic E-state index is 13.5. The van der Waals surface area contributed by atoms with Gasteiger partial charge in [0.15, 0.2) is 17.5 Å². The van der Waals surface area contributed by atoms with E-state index in [0.29, 0.717) is 18.4 Å². The number of hydrogen-bond donors (Lipinski definition) is 1. The summed E-state index contributed by atoms with van der Waals surface area (Å²) in [6.07, 6.45) is 2.49. The molecule has 0 bridgehead atoms. The molecular formula is C13H16F3N. The highest BCUT2D eigenvalue weighted by molar-refractivity contribution is 5.21. The van der Waals surface area contributed by atoms with Gasteiger partial charge in [0.05, 0.1) is 0 Å². The maximum atomic E-state index is 13.5. The average Bonchev–Trinajstić information content (AvgIpc) is 2.33. The molecule has 0 amide bonds. The van der Waals surface area contributed by atoms with Crippen LogP contribution in [0, 0.1) is 23.4 Å². The monoisotopic (exact) mass is 243 g/mol. The van der Waals surface area contributed by atoms with Crippen LogP contribution in [0.3, 0.4) is 0 Å². The molecule has 0 spiro atoms. The van der Waals surface area contributed by atoms with Crippen molar-refractivity contribution in [2.45, 2.75) is 32.2 Å². The molecule has 0 aliphatic carbocycles. The van der Waals surface area contributed by atoms with Crippen molar-refractivity contribution in [3.63, 3.8) is 0 Å². The van der Waals surface area contributed by atoms with Gasteiger partial charge in [-0.1, -0.05) is 6.07 Å². The molecule has 4 heteroatoms. The van der Waals surface area contributed by atoms with Crippen LogP contribution in [0.4, 0.5) is 13.2 Å². The molecule has 2 atom stereocenters. The van der Waals surface area contributed by atoms with Crippen molar-refractivity contribution < 1.29 is 13.2 Å². The molecule has 94 valence electrons. The van der Waals surface area contributed by atoms with Gasteiger partial charge in [0.1, 0.15) is 0 Å². The van der Waals surface area contributed by atoms with E-state index in [4.69, 9.17) is 0 Å². The summed E-state index contributed by atoms with van der Waals surface area (Å²) < 4.78 is 39.3. The Morgan fingerprint density at radius 2 is 1.94 bits per heavy atom. The lowest BCUT2D eigenvalue weighted by molar-refractivity contribution is 0.318. The molecule has 1 N–H and O–H groups in total. The van der Waals surface area contributed by atoms with Gasteiger partial charge in [-0.2, -0.15) is 0 Å². The smallest absolute Gasteiger partial charge is 0.194 e. The van der Waals surface area contributed by atoms with Gasteiger partial charge in [0, 0.05) is 6.04 Å². The minimum Gasteiger partial charge on any atom is -0.314 e. The molecule has 1 aliphatic heterocycles. The summed E-state index contributed by atoms with van der Waals surface area (Å²) in [5, 5.41) is 3.31. The molecule has 1 aliphatic rings. The molecule has 0 radical (unpaired) electrons. The van der Waals surface area contributed by atoms with Crippen molar-refractivity contribution in [2.75, 3.05) is 6.54 Å². The molecule has 2 rings (SSSR count). The molecule has 1 nitrogen and oxygen atoms in total. The van der Waals surface area contributed by atoms with Gasteiger partial charge in [-0.25, -0.2) is 13.2 Å². The van der Waals surface area contributed by atoms with E-state index >= 15 is 0 Å². The number of halogens is 3. The molecule has 1 fully saturated rings. The van der Waals surface area contributed by atoms with Crippen LogP contribution in [-0.2, 0) is 6.42 Å². The lowest BCUT2D eigenvalue weighted by Crippen LogP contribution is -2.37. The molecule has 1 heterocycles. The third-order valence-electron chi connectivity index (χ3n) is 3.39. The number of benzene rings is 1. The Balaban J connectivity index is 2.06. The van der Waals surface area contributed by atoms with E-state index in [-0.39, 0.29) is 5.56 Å². The van der Waals surface area contributed by atoms with Gasteiger partial charge in [-0.05, 0) is 50.3 Å². The van der Waals surface area contributed by atoms with Gasteiger partial charge in [-0.15, -0.1) is 0 Å². The van der Waals surface area contributed by atoms with E-state index in [0.717, 1.165) is 25.5 Å². The fourth-order valence-electron chi connectivity index (χ4n) is 2.27. The van der Waals surface area contributed by atoms with Crippen LogP contribution in [-0.4, -0.2) is 12.6 Å². The van der Waals surface area contributed by atoms with Crippen LogP contribution in [0.25, 0.3) is 0 Å². The minimum absolute atomic E-state index is 0.269. The molecule has 2 unspecified atom stereocenters. The van der Waals surface area contributed by atoms with Crippen molar-refractivity contribution in [1.82, 2.24) is 5.32 Å². The van der Waals surface area contributed by atoms with Crippen molar-refractivity contribution >= 4 is 0 Å². The Hall–Kier alpha value is -1.03. The van der Waals surface area contributed by atoms with E-state index in [1.165, 1.54) is 6.07 Å². The fourth-order valence-corrected chi connectivity index (χ4v) is 2.27. The molecular weight excluding hydrogens is 227 g/mol. The van der Waals surface area contributed by atoms with Crippen molar-refractivity contribution in [2.24, 2.45) is 5.92 Å². The Morgan fingerprint density at radius 1 is 1.18 bits per heavy atom. The number of rotatable bonds is 2. The fraction of sp³-hybridized carbons (Fsp3) is 0.538. The second-order valence-electron chi connectivity index (χ2n) is 4.79. The third-order valence-corrected chi connectivity index (χ3v) is 3.39. The predicted octanol–water partition coefficient (Wildman–Crippen LogP) is 3.03. The van der Waals surface area contributed by atoms with Gasteiger partial charge in [-0.3, -0.25) is 0 Å². The molecule has 1 saturated heterocycles. The molecule has 0 aromatic heterocycles. The van der Waals surface area contributed by atoms with Gasteiger partial charge in [0.2, 0.25) is 0 Å². The standard InChI is InChI=1S/C13H16F3N/c1-8-2-3-9(7-17-8)6-10-4-5-11(14)13(16)12(10)15/h4-5,8-9,17H,2-3,6-7H2,1H3. The maximum Gasteiger partial charge on any atom is 0.194 e. The highest BCUT2D eigenvalue weighted by Gasteiger charge is 2.21. The van der Waals surface area contributed by atoms with Crippen LogP contribution in [0.2, 0.25) is 0 Å². The van der Waals surface area contributed by atoms with Gasteiger partial charge < -0.3 is 5.32 Å². The SMILES string of the molecule is CC1CCC(Cc2ccc(F)c(F)c2F)CN1. The largest absolute Gasteiger partial charge is 0.314 e. The first kappa shape index (κ1) is 12.4. The zero-order chi connectivity index (χ0) is 12.4. The normalized spacial score (nSPS) is 24.9. The van der Waals surface area contributed by atoms with E-state index in [1.807, 2.05) is 0 Å². The van der Waals surface area contributed by atoms with Crippen molar-refractivity contribution in [1.29, 1.82) is 0 Å². The first-order valence-electron chi connectivity index (χ1n) is 5.93. The molecule has 1 aromatic carbocycles. The molecule has 0 saturated carbocycles. The Kier molecular flexibility index (Phi) is 3.72. The van der Waals surface area contributed by atoms with Crippen LogP contribution in [0.5, 0.6) is 0 Å². The zero-order valence-corrected chi connectivity index (χ0v) is 9.77. The number of hydrogen-bond acceptors (Lipinski definition) is 1. The number of nitrogens with one attached hydrogen (secondary N) is 1. The minimum atomic E-state index is -1.36. The summed E-state index contributed by atoms with van der Waals surface area (Å²) >= 11 is 0. The lowest BCUT2D eigenvalue weighted by Gasteiger charge is -2.27. The van der Waals surface area contributed by atoms with Gasteiger partial charge >= 0.3 is 0 Å². The highest BCUT2D eigenvalue weighted by Crippen LogP contribution is 2.22. The first-order chi connectivity index (χ1) is 8.08. The van der Waals surface area contributed by atoms with E-state index in [9.17, 15) is 13.2 Å². The van der Waals surface area contributed by atoms with E-state index in [2.05, 4.69) is 12.2 Å². The Morgan fingerprint density at radius 3 is 2.59 bits per heavy atom. The van der Waals surface area contributed by atoms with Crippen LogP contribution >= 0.6 is 0 Å². The summed E-state index contributed by atoms with van der Waals surface area (Å²) in [4.78, 5) is 0. The molecule has 17 heavy (non-hydrogen) atoms. The van der Waals surface area contributed by atoms with Crippen molar-refractivity contribution in [3.8, 4) is 0 Å². The summed E-state index contributed by atoms with van der Waals surface area (Å²) in [5.41, 5.74) is 0.269. The summed E-state index contributed by atoms with van der Waals surface area (Å²) in [7, 11) is 0. The van der Waals surface area contributed by atoms with E-state index < -0.39 is 17.5 Å². The summed E-state index contributed by atoms with van der Waals surface area (Å²) in [5.74, 6) is -3.23. The second-order valence-corrected chi connectivity index (χ2v) is 4.79. The average molecular weight is 243 g/mol. The quantitative estimate of drug-likeness (QED) is 0.787. The second kappa shape index (κ2) is 5.08. The molecule has 1 aromatic rings. The summed E-state index contributed by atoms with van der Waals surface area (Å²) in [6, 6.07) is 2.82. The van der Waals surface area contributed by atoms with E-state index in [1.54, 1.807) is 0 Å². The topological polar surface area (TPSA) is 12.0 Å². The highest BCUT2D eigenvalue weighted by atomic mass is 19.2. The zero-order valence-electron chi connectivity index (χ0n) is 9.77. The summed E-state index contributed by atoms with van der Waals surface area (Å²) in [6.45, 7) is 2.91.